The van der Waals surface area contributed by atoms with Crippen LogP contribution in [0.25, 0.3) is 11.4 Å². The van der Waals surface area contributed by atoms with E-state index in [1.807, 2.05) is 22.8 Å². The molecule has 8 heteroatoms. The first-order chi connectivity index (χ1) is 14.7. The van der Waals surface area contributed by atoms with E-state index in [1.54, 1.807) is 19.5 Å². The van der Waals surface area contributed by atoms with Crippen molar-refractivity contribution in [1.29, 1.82) is 0 Å². The molecule has 0 fully saturated rings. The van der Waals surface area contributed by atoms with E-state index in [-0.39, 0.29) is 5.91 Å². The van der Waals surface area contributed by atoms with Crippen LogP contribution in [0.4, 0.5) is 5.69 Å². The zero-order valence-electron chi connectivity index (χ0n) is 17.0. The molecule has 1 N–H and O–H groups in total. The fourth-order valence-electron chi connectivity index (χ4n) is 3.60. The van der Waals surface area contributed by atoms with Gasteiger partial charge in [-0.05, 0) is 54.7 Å². The van der Waals surface area contributed by atoms with Crippen molar-refractivity contribution in [2.24, 2.45) is 0 Å². The van der Waals surface area contributed by atoms with E-state index >= 15 is 0 Å². The minimum absolute atomic E-state index is 0.0118. The molecule has 0 atom stereocenters. The topological polar surface area (TPSA) is 81.9 Å². The molecule has 0 aliphatic heterocycles. The van der Waals surface area contributed by atoms with Gasteiger partial charge in [0.1, 0.15) is 0 Å². The highest BCUT2D eigenvalue weighted by Crippen LogP contribution is 2.26. The fraction of sp³-hybridized carbons (Fsp3) is 0.364. The Balaban J connectivity index is 1.36. The monoisotopic (exact) mass is 423 g/mol. The Morgan fingerprint density at radius 2 is 2.00 bits per heavy atom. The second-order valence-electron chi connectivity index (χ2n) is 7.17. The Labute approximate surface area is 180 Å². The minimum atomic E-state index is 0.0118. The number of hydrogen-bond donors (Lipinski definition) is 1. The molecule has 156 valence electrons. The molecule has 1 aliphatic rings. The molecule has 1 aromatic carbocycles. The molecule has 7 nitrogen and oxygen atoms in total. The number of carbonyl (C=O) groups excluding carboxylic acids is 1. The highest BCUT2D eigenvalue weighted by Gasteiger charge is 2.15. The van der Waals surface area contributed by atoms with Crippen LogP contribution < -0.4 is 5.32 Å². The number of aromatic nitrogens is 4. The molecule has 3 aromatic rings. The molecule has 0 saturated heterocycles. The number of methoxy groups -OCH3 is 1. The summed E-state index contributed by atoms with van der Waals surface area (Å²) in [5.41, 5.74) is 4.60. The summed E-state index contributed by atoms with van der Waals surface area (Å²) in [5, 5.41) is 12.5. The van der Waals surface area contributed by atoms with Crippen molar-refractivity contribution < 1.29 is 9.53 Å². The van der Waals surface area contributed by atoms with Crippen LogP contribution in [0.1, 0.15) is 24.0 Å². The Hall–Kier alpha value is -2.71. The first kappa shape index (κ1) is 20.6. The molecule has 2 heterocycles. The minimum Gasteiger partial charge on any atom is -0.383 e. The molecule has 30 heavy (non-hydrogen) atoms. The van der Waals surface area contributed by atoms with Gasteiger partial charge in [-0.1, -0.05) is 17.8 Å². The van der Waals surface area contributed by atoms with E-state index in [4.69, 9.17) is 4.74 Å². The maximum atomic E-state index is 12.4. The first-order valence-electron chi connectivity index (χ1n) is 10.1. The van der Waals surface area contributed by atoms with Crippen LogP contribution in [0, 0.1) is 0 Å². The van der Waals surface area contributed by atoms with Crippen LogP contribution in [0.3, 0.4) is 0 Å². The number of aryl methyl sites for hydroxylation is 2. The molecule has 1 aliphatic carbocycles. The average molecular weight is 424 g/mol. The molecule has 0 unspecified atom stereocenters. The van der Waals surface area contributed by atoms with Crippen LogP contribution in [0.2, 0.25) is 0 Å². The van der Waals surface area contributed by atoms with E-state index in [0.29, 0.717) is 25.3 Å². The fourth-order valence-corrected chi connectivity index (χ4v) is 4.50. The number of rotatable bonds is 9. The second-order valence-corrected chi connectivity index (χ2v) is 8.23. The van der Waals surface area contributed by atoms with E-state index in [2.05, 4.69) is 32.6 Å². The zero-order chi connectivity index (χ0) is 20.8. The van der Waals surface area contributed by atoms with Crippen molar-refractivity contribution in [1.82, 2.24) is 19.7 Å². The van der Waals surface area contributed by atoms with E-state index in [1.165, 1.54) is 29.3 Å². The summed E-state index contributed by atoms with van der Waals surface area (Å²) < 4.78 is 7.27. The van der Waals surface area contributed by atoms with Gasteiger partial charge in [-0.3, -0.25) is 14.3 Å². The number of fused-ring (bicyclic) bond motifs is 1. The normalized spacial score (nSPS) is 12.7. The highest BCUT2D eigenvalue weighted by molar-refractivity contribution is 7.99. The lowest BCUT2D eigenvalue weighted by Gasteiger charge is -2.10. The maximum Gasteiger partial charge on any atom is 0.225 e. The first-order valence-corrected chi connectivity index (χ1v) is 11.1. The van der Waals surface area contributed by atoms with Crippen LogP contribution in [-0.2, 0) is 28.9 Å². The average Bonchev–Trinajstić information content (AvgIpc) is 3.39. The largest absolute Gasteiger partial charge is 0.383 e. The van der Waals surface area contributed by atoms with Gasteiger partial charge in [0.2, 0.25) is 5.91 Å². The predicted octanol–water partition coefficient (Wildman–Crippen LogP) is 3.60. The highest BCUT2D eigenvalue weighted by atomic mass is 32.2. The van der Waals surface area contributed by atoms with Crippen molar-refractivity contribution in [2.75, 3.05) is 24.8 Å². The molecule has 0 spiro atoms. The van der Waals surface area contributed by atoms with Crippen molar-refractivity contribution in [3.05, 3.63) is 53.9 Å². The number of pyridine rings is 1. The Morgan fingerprint density at radius 3 is 2.83 bits per heavy atom. The number of thioether (sulfide) groups is 1. The number of nitrogens with one attached hydrogen (secondary N) is 1. The third-order valence-electron chi connectivity index (χ3n) is 5.12. The number of amides is 1. The molecule has 0 bridgehead atoms. The molecule has 2 aromatic heterocycles. The molecule has 0 saturated carbocycles. The standard InChI is InChI=1S/C22H25N5O2S/c1-29-13-12-27-21(17-7-10-23-11-8-17)25-26-22(27)30-14-9-20(28)24-19-6-5-16-3-2-4-18(16)15-19/h5-8,10-11,15H,2-4,9,12-14H2,1H3,(H,24,28). The van der Waals surface area contributed by atoms with Gasteiger partial charge in [-0.15, -0.1) is 10.2 Å². The molecular formula is C22H25N5O2S. The molecule has 4 rings (SSSR count). The van der Waals surface area contributed by atoms with Crippen molar-refractivity contribution in [2.45, 2.75) is 37.4 Å². The van der Waals surface area contributed by atoms with Gasteiger partial charge in [0.15, 0.2) is 11.0 Å². The SMILES string of the molecule is COCCn1c(SCCC(=O)Nc2ccc3c(c2)CCC3)nnc1-c1ccncc1. The van der Waals surface area contributed by atoms with Gasteiger partial charge in [0, 0.05) is 42.9 Å². The zero-order valence-corrected chi connectivity index (χ0v) is 17.8. The summed E-state index contributed by atoms with van der Waals surface area (Å²) in [6.07, 6.45) is 7.33. The Morgan fingerprint density at radius 1 is 1.17 bits per heavy atom. The van der Waals surface area contributed by atoms with Gasteiger partial charge in [-0.25, -0.2) is 0 Å². The van der Waals surface area contributed by atoms with Gasteiger partial charge >= 0.3 is 0 Å². The smallest absolute Gasteiger partial charge is 0.225 e. The molecular weight excluding hydrogens is 398 g/mol. The summed E-state index contributed by atoms with van der Waals surface area (Å²) in [5.74, 6) is 1.41. The second kappa shape index (κ2) is 9.86. The van der Waals surface area contributed by atoms with Gasteiger partial charge in [-0.2, -0.15) is 0 Å². The summed E-state index contributed by atoms with van der Waals surface area (Å²) >= 11 is 1.53. The third-order valence-corrected chi connectivity index (χ3v) is 6.09. The van der Waals surface area contributed by atoms with Gasteiger partial charge in [0.05, 0.1) is 13.2 Å². The van der Waals surface area contributed by atoms with Crippen LogP contribution in [0.5, 0.6) is 0 Å². The summed E-state index contributed by atoms with van der Waals surface area (Å²) in [4.78, 5) is 16.5. The lowest BCUT2D eigenvalue weighted by molar-refractivity contribution is -0.115. The number of carbonyl (C=O) groups is 1. The van der Waals surface area contributed by atoms with Crippen molar-refractivity contribution in [3.8, 4) is 11.4 Å². The van der Waals surface area contributed by atoms with E-state index in [0.717, 1.165) is 35.1 Å². The van der Waals surface area contributed by atoms with E-state index in [9.17, 15) is 4.79 Å². The van der Waals surface area contributed by atoms with Gasteiger partial charge < -0.3 is 10.1 Å². The Kier molecular flexibility index (Phi) is 6.76. The third kappa shape index (κ3) is 4.88. The molecule has 0 radical (unpaired) electrons. The van der Waals surface area contributed by atoms with Crippen molar-refractivity contribution >= 4 is 23.4 Å². The van der Waals surface area contributed by atoms with Crippen LogP contribution in [0.15, 0.2) is 47.9 Å². The summed E-state index contributed by atoms with van der Waals surface area (Å²) in [6, 6.07) is 10.1. The number of nitrogens with zero attached hydrogens (tertiary/aromatic N) is 4. The number of ether oxygens (including phenoxy) is 1. The Bertz CT molecular complexity index is 1010. The van der Waals surface area contributed by atoms with E-state index < -0.39 is 0 Å². The lowest BCUT2D eigenvalue weighted by atomic mass is 10.1. The van der Waals surface area contributed by atoms with Gasteiger partial charge in [0.25, 0.3) is 0 Å². The van der Waals surface area contributed by atoms with Crippen molar-refractivity contribution in [3.63, 3.8) is 0 Å². The quantitative estimate of drug-likeness (QED) is 0.530. The lowest BCUT2D eigenvalue weighted by Crippen LogP contribution is -2.13. The number of anilines is 1. The molecule has 1 amide bonds. The predicted molar refractivity (Wildman–Crippen MR) is 118 cm³/mol. The summed E-state index contributed by atoms with van der Waals surface area (Å²) in [6.45, 7) is 1.20. The number of benzene rings is 1. The maximum absolute atomic E-state index is 12.4. The summed E-state index contributed by atoms with van der Waals surface area (Å²) in [7, 11) is 1.67. The van der Waals surface area contributed by atoms with Crippen LogP contribution in [-0.4, -0.2) is 45.1 Å². The van der Waals surface area contributed by atoms with Crippen LogP contribution >= 0.6 is 11.8 Å². The number of hydrogen-bond acceptors (Lipinski definition) is 6.